The molecule has 0 rings (SSSR count). The zero-order chi connectivity index (χ0) is 14.0. The molecule has 0 aromatic heterocycles. The van der Waals surface area contributed by atoms with Gasteiger partial charge in [-0.25, -0.2) is 0 Å². The van der Waals surface area contributed by atoms with Crippen LogP contribution in [0.25, 0.3) is 0 Å². The molecular weight excluding hydrogens is 278 g/mol. The highest BCUT2D eigenvalue weighted by Crippen LogP contribution is 2.40. The van der Waals surface area contributed by atoms with Gasteiger partial charge in [-0.1, -0.05) is 0 Å². The lowest BCUT2D eigenvalue weighted by molar-refractivity contribution is 0.182. The Kier molecular flexibility index (Phi) is 10.9. The molecule has 0 aliphatic carbocycles. The van der Waals surface area contributed by atoms with Gasteiger partial charge in [0.2, 0.25) is 0 Å². The van der Waals surface area contributed by atoms with Crippen LogP contribution in [-0.2, 0) is 18.1 Å². The van der Waals surface area contributed by atoms with Crippen LogP contribution in [0.5, 0.6) is 0 Å². The average molecular weight is 300 g/mol. The molecule has 0 atom stereocenters. The first-order valence-electron chi connectivity index (χ1n) is 5.40. The van der Waals surface area contributed by atoms with Gasteiger partial charge in [0.05, 0.1) is 0 Å². The lowest BCUT2D eigenvalue weighted by atomic mass is 10.2. The average Bonchev–Trinajstić information content (AvgIpc) is 2.37. The van der Waals surface area contributed by atoms with E-state index in [9.17, 15) is 10.2 Å². The second-order valence-corrected chi connectivity index (χ2v) is 6.96. The maximum Gasteiger partial charge on any atom is 0.273 e. The van der Waals surface area contributed by atoms with E-state index in [1.165, 1.54) is 0 Å². The van der Waals surface area contributed by atoms with Crippen LogP contribution in [0.2, 0.25) is 0 Å². The third kappa shape index (κ3) is 7.47. The largest absolute Gasteiger partial charge is 0.481 e. The van der Waals surface area contributed by atoms with E-state index in [-0.39, 0.29) is 0 Å². The lowest BCUT2D eigenvalue weighted by Crippen LogP contribution is -2.00. The maximum atomic E-state index is 9.22. The van der Waals surface area contributed by atoms with Crippen LogP contribution in [-0.4, -0.2) is 51.0 Å². The van der Waals surface area contributed by atoms with Gasteiger partial charge >= 0.3 is 0 Å². The van der Waals surface area contributed by atoms with Gasteiger partial charge < -0.3 is 28.3 Å². The summed E-state index contributed by atoms with van der Waals surface area (Å²) in [4.78, 5) is 0. The minimum atomic E-state index is -0.960. The van der Waals surface area contributed by atoms with Crippen molar-refractivity contribution in [3.63, 3.8) is 0 Å². The normalized spacial score (nSPS) is 11.2. The zero-order valence-electron chi connectivity index (χ0n) is 11.3. The molecule has 6 nitrogen and oxygen atoms in total. The summed E-state index contributed by atoms with van der Waals surface area (Å²) in [6.07, 6.45) is 2.29. The molecule has 0 amide bonds. The van der Waals surface area contributed by atoms with E-state index in [0.29, 0.717) is 30.7 Å². The summed E-state index contributed by atoms with van der Waals surface area (Å²) in [7, 11) is 4.38. The maximum absolute atomic E-state index is 9.22. The van der Waals surface area contributed by atoms with Gasteiger partial charge in [0.15, 0.2) is 16.8 Å². The smallest absolute Gasteiger partial charge is 0.273 e. The van der Waals surface area contributed by atoms with Crippen molar-refractivity contribution >= 4 is 16.8 Å². The van der Waals surface area contributed by atoms with Crippen LogP contribution in [0.4, 0.5) is 0 Å². The van der Waals surface area contributed by atoms with E-state index in [0.717, 1.165) is 0 Å². The van der Waals surface area contributed by atoms with Crippen LogP contribution in [0.1, 0.15) is 12.8 Å². The molecule has 0 saturated carbocycles. The Hall–Kier alpha value is 0.0400. The molecule has 2 N–H and O–H groups in total. The molecular formula is C10H22O6P2. The number of hydrogen-bond acceptors (Lipinski definition) is 6. The van der Waals surface area contributed by atoms with Crippen LogP contribution in [0.15, 0.2) is 11.5 Å². The van der Waals surface area contributed by atoms with Gasteiger partial charge in [0.25, 0.3) is 5.95 Å². The molecule has 0 aromatic carbocycles. The summed E-state index contributed by atoms with van der Waals surface area (Å²) < 4.78 is 20.4. The third-order valence-electron chi connectivity index (χ3n) is 2.32. The minimum Gasteiger partial charge on any atom is -0.481 e. The highest BCUT2D eigenvalue weighted by molar-refractivity contribution is 7.47. The second-order valence-electron chi connectivity index (χ2n) is 3.27. The first kappa shape index (κ1) is 18.0. The van der Waals surface area contributed by atoms with Crippen molar-refractivity contribution in [2.75, 3.05) is 40.8 Å². The fourth-order valence-electron chi connectivity index (χ4n) is 1.32. The van der Waals surface area contributed by atoms with Crippen molar-refractivity contribution in [2.45, 2.75) is 12.8 Å². The zero-order valence-corrected chi connectivity index (χ0v) is 13.0. The predicted molar refractivity (Wildman–Crippen MR) is 73.1 cm³/mol. The molecule has 0 radical (unpaired) electrons. The van der Waals surface area contributed by atoms with E-state index in [4.69, 9.17) is 18.1 Å². The first-order chi connectivity index (χ1) is 8.58. The highest BCUT2D eigenvalue weighted by Gasteiger charge is 2.14. The standard InChI is InChI=1S/C10H22O6P2/c1-13-17(14-2)7-5-9(10(11)12)6-8-18(15-3)16-4/h11-12H,5-8H2,1-4H3. The molecule has 0 heterocycles. The van der Waals surface area contributed by atoms with Crippen molar-refractivity contribution < 1.29 is 28.3 Å². The molecule has 0 bridgehead atoms. The van der Waals surface area contributed by atoms with Crippen molar-refractivity contribution in [2.24, 2.45) is 0 Å². The van der Waals surface area contributed by atoms with Crippen molar-refractivity contribution in [1.82, 2.24) is 0 Å². The van der Waals surface area contributed by atoms with Crippen molar-refractivity contribution in [3.05, 3.63) is 11.5 Å². The minimum absolute atomic E-state index is 0.520. The SMILES string of the molecule is COP(CCC(CCP(OC)OC)=C(O)O)OC. The van der Waals surface area contributed by atoms with Crippen molar-refractivity contribution in [3.8, 4) is 0 Å². The number of aliphatic hydroxyl groups excluding tert-OH is 1. The third-order valence-corrected chi connectivity index (χ3v) is 5.13. The molecule has 0 spiro atoms. The van der Waals surface area contributed by atoms with Gasteiger partial charge in [0.1, 0.15) is 0 Å². The highest BCUT2D eigenvalue weighted by atomic mass is 31.2. The van der Waals surface area contributed by atoms with Gasteiger partial charge in [-0.3, -0.25) is 0 Å². The molecule has 8 heteroatoms. The molecule has 0 aliphatic rings. The molecule has 0 saturated heterocycles. The molecule has 0 unspecified atom stereocenters. The molecule has 18 heavy (non-hydrogen) atoms. The Morgan fingerprint density at radius 3 is 1.33 bits per heavy atom. The Bertz CT molecular complexity index is 219. The van der Waals surface area contributed by atoms with Crippen LogP contribution >= 0.6 is 16.8 Å². The van der Waals surface area contributed by atoms with Crippen LogP contribution < -0.4 is 0 Å². The Morgan fingerprint density at radius 1 is 0.778 bits per heavy atom. The number of allylic oxidation sites excluding steroid dienone is 1. The molecule has 108 valence electrons. The van der Waals surface area contributed by atoms with E-state index in [1.54, 1.807) is 28.4 Å². The first-order valence-corrected chi connectivity index (χ1v) is 8.13. The van der Waals surface area contributed by atoms with Gasteiger partial charge in [-0.05, 0) is 12.8 Å². The van der Waals surface area contributed by atoms with Crippen molar-refractivity contribution in [1.29, 1.82) is 0 Å². The predicted octanol–water partition coefficient (Wildman–Crippen LogP) is 3.30. The summed E-state index contributed by atoms with van der Waals surface area (Å²) in [5.41, 5.74) is 0.568. The van der Waals surface area contributed by atoms with E-state index in [1.807, 2.05) is 0 Å². The molecule has 0 aliphatic heterocycles. The fourth-order valence-corrected chi connectivity index (χ4v) is 3.25. The number of aliphatic hydroxyl groups is 2. The summed E-state index contributed by atoms with van der Waals surface area (Å²) in [5, 5.41) is 18.4. The second kappa shape index (κ2) is 10.9. The Morgan fingerprint density at radius 2 is 1.11 bits per heavy atom. The van der Waals surface area contributed by atoms with E-state index in [2.05, 4.69) is 0 Å². The number of hydrogen-bond donors (Lipinski definition) is 2. The van der Waals surface area contributed by atoms with Crippen LogP contribution in [0, 0.1) is 0 Å². The lowest BCUT2D eigenvalue weighted by Gasteiger charge is -2.15. The monoisotopic (exact) mass is 300 g/mol. The van der Waals surface area contributed by atoms with E-state index < -0.39 is 22.7 Å². The fraction of sp³-hybridized carbons (Fsp3) is 0.800. The Balaban J connectivity index is 4.21. The topological polar surface area (TPSA) is 77.4 Å². The summed E-state index contributed by atoms with van der Waals surface area (Å²) in [6, 6.07) is 0. The number of rotatable bonds is 10. The van der Waals surface area contributed by atoms with Crippen LogP contribution in [0.3, 0.4) is 0 Å². The van der Waals surface area contributed by atoms with Gasteiger partial charge in [-0.2, -0.15) is 0 Å². The summed E-state index contributed by atoms with van der Waals surface area (Å²) in [6.45, 7) is 0. The molecule has 0 fully saturated rings. The summed E-state index contributed by atoms with van der Waals surface area (Å²) >= 11 is 0. The quantitative estimate of drug-likeness (QED) is 0.476. The van der Waals surface area contributed by atoms with Gasteiger partial charge in [0, 0.05) is 46.3 Å². The Labute approximate surface area is 111 Å². The van der Waals surface area contributed by atoms with E-state index >= 15 is 0 Å². The molecule has 0 aromatic rings. The summed E-state index contributed by atoms with van der Waals surface area (Å²) in [5.74, 6) is -0.626. The van der Waals surface area contributed by atoms with Gasteiger partial charge in [-0.15, -0.1) is 0 Å².